The molecule has 2 fully saturated rings. The van der Waals surface area contributed by atoms with Crippen LogP contribution in [0.5, 0.6) is 0 Å². The number of hydrogen-bond acceptors (Lipinski definition) is 5. The number of hydrogen-bond donors (Lipinski definition) is 0. The van der Waals surface area contributed by atoms with E-state index >= 15 is 4.39 Å². The first kappa shape index (κ1) is 22.4. The van der Waals surface area contributed by atoms with Gasteiger partial charge in [-0.2, -0.15) is 5.10 Å². The molecule has 4 heterocycles. The highest BCUT2D eigenvalue weighted by atomic mass is 35.5. The third kappa shape index (κ3) is 4.04. The SMILES string of the molecule is Cc1nc2c(-c3ccc(Cl)cc3F)nc([C@H]3CCO[C@@H](c4cnn(C5CC5)c4)C3)cc2c(=O)n1C. The Labute approximate surface area is 206 Å². The molecule has 2 aliphatic rings. The fraction of sp³-hybridized carbons (Fsp3) is 0.385. The van der Waals surface area contributed by atoms with Crippen molar-refractivity contribution < 1.29 is 9.13 Å². The summed E-state index contributed by atoms with van der Waals surface area (Å²) in [7, 11) is 1.69. The summed E-state index contributed by atoms with van der Waals surface area (Å²) in [6, 6.07) is 6.80. The van der Waals surface area contributed by atoms with Gasteiger partial charge in [-0.15, -0.1) is 0 Å². The van der Waals surface area contributed by atoms with Crippen LogP contribution in [0.1, 0.15) is 60.8 Å². The van der Waals surface area contributed by atoms with Crippen molar-refractivity contribution in [2.24, 2.45) is 7.05 Å². The lowest BCUT2D eigenvalue weighted by Gasteiger charge is -2.29. The van der Waals surface area contributed by atoms with Crippen LogP contribution in [0.15, 0.2) is 41.5 Å². The predicted molar refractivity (Wildman–Crippen MR) is 131 cm³/mol. The average Bonchev–Trinajstić information content (AvgIpc) is 3.59. The van der Waals surface area contributed by atoms with E-state index in [0.29, 0.717) is 46.5 Å². The molecule has 1 aliphatic carbocycles. The van der Waals surface area contributed by atoms with Crippen molar-refractivity contribution >= 4 is 22.5 Å². The molecule has 2 atom stereocenters. The van der Waals surface area contributed by atoms with Crippen LogP contribution in [-0.2, 0) is 11.8 Å². The first-order valence-corrected chi connectivity index (χ1v) is 12.3. The second-order valence-electron chi connectivity index (χ2n) is 9.50. The molecule has 3 aromatic heterocycles. The van der Waals surface area contributed by atoms with Gasteiger partial charge >= 0.3 is 0 Å². The summed E-state index contributed by atoms with van der Waals surface area (Å²) < 4.78 is 24.6. The van der Waals surface area contributed by atoms with Gasteiger partial charge in [-0.3, -0.25) is 19.0 Å². The Morgan fingerprint density at radius 2 is 2.00 bits per heavy atom. The van der Waals surface area contributed by atoms with Crippen molar-refractivity contribution in [2.45, 2.75) is 50.7 Å². The van der Waals surface area contributed by atoms with E-state index in [0.717, 1.165) is 17.7 Å². The van der Waals surface area contributed by atoms with E-state index < -0.39 is 5.82 Å². The second-order valence-corrected chi connectivity index (χ2v) is 9.94. The maximum absolute atomic E-state index is 15.0. The van der Waals surface area contributed by atoms with E-state index in [1.165, 1.54) is 23.5 Å². The summed E-state index contributed by atoms with van der Waals surface area (Å²) in [4.78, 5) is 22.7. The minimum Gasteiger partial charge on any atom is -0.373 e. The van der Waals surface area contributed by atoms with Gasteiger partial charge in [0.1, 0.15) is 17.2 Å². The van der Waals surface area contributed by atoms with Gasteiger partial charge in [0, 0.05) is 47.6 Å². The van der Waals surface area contributed by atoms with E-state index in [-0.39, 0.29) is 23.1 Å². The zero-order chi connectivity index (χ0) is 24.3. The van der Waals surface area contributed by atoms with Gasteiger partial charge in [-0.05, 0) is 56.9 Å². The van der Waals surface area contributed by atoms with Gasteiger partial charge in [0.05, 0.1) is 29.4 Å². The van der Waals surface area contributed by atoms with E-state index in [1.807, 2.05) is 16.9 Å². The maximum atomic E-state index is 15.0. The number of fused-ring (bicyclic) bond motifs is 1. The molecule has 7 nitrogen and oxygen atoms in total. The van der Waals surface area contributed by atoms with Crippen LogP contribution in [0, 0.1) is 12.7 Å². The number of pyridine rings is 1. The Balaban J connectivity index is 1.45. The fourth-order valence-corrected chi connectivity index (χ4v) is 4.99. The molecule has 9 heteroatoms. The van der Waals surface area contributed by atoms with Crippen LogP contribution in [0.2, 0.25) is 5.02 Å². The zero-order valence-electron chi connectivity index (χ0n) is 19.5. The highest BCUT2D eigenvalue weighted by Crippen LogP contribution is 2.40. The summed E-state index contributed by atoms with van der Waals surface area (Å²) in [6.45, 7) is 2.32. The van der Waals surface area contributed by atoms with Gasteiger partial charge < -0.3 is 4.74 Å². The summed E-state index contributed by atoms with van der Waals surface area (Å²) in [5.74, 6) is 0.0787. The monoisotopic (exact) mass is 493 g/mol. The molecule has 6 rings (SSSR count). The molecule has 1 saturated heterocycles. The molecular weight excluding hydrogens is 469 g/mol. The van der Waals surface area contributed by atoms with Crippen LogP contribution < -0.4 is 5.56 Å². The molecule has 1 saturated carbocycles. The lowest BCUT2D eigenvalue weighted by Crippen LogP contribution is -2.23. The summed E-state index contributed by atoms with van der Waals surface area (Å²) in [5, 5.41) is 5.23. The molecule has 0 radical (unpaired) electrons. The molecule has 0 bridgehead atoms. The largest absolute Gasteiger partial charge is 0.373 e. The average molecular weight is 494 g/mol. The van der Waals surface area contributed by atoms with Crippen molar-refractivity contribution in [1.29, 1.82) is 0 Å². The first-order valence-electron chi connectivity index (χ1n) is 11.9. The van der Waals surface area contributed by atoms with Crippen LogP contribution >= 0.6 is 11.6 Å². The van der Waals surface area contributed by atoms with Crippen LogP contribution in [0.3, 0.4) is 0 Å². The third-order valence-electron chi connectivity index (χ3n) is 7.11. The second kappa shape index (κ2) is 8.53. The number of nitrogens with zero attached hydrogens (tertiary/aromatic N) is 5. The Kier molecular flexibility index (Phi) is 5.45. The minimum absolute atomic E-state index is 0.0440. The number of aryl methyl sites for hydroxylation is 1. The van der Waals surface area contributed by atoms with E-state index in [9.17, 15) is 4.79 Å². The van der Waals surface area contributed by atoms with E-state index in [4.69, 9.17) is 21.3 Å². The quantitative estimate of drug-likeness (QED) is 0.387. The molecule has 4 aromatic rings. The van der Waals surface area contributed by atoms with E-state index in [1.54, 1.807) is 26.1 Å². The molecule has 1 aromatic carbocycles. The Morgan fingerprint density at radius 3 is 2.77 bits per heavy atom. The molecule has 180 valence electrons. The molecule has 0 unspecified atom stereocenters. The van der Waals surface area contributed by atoms with Gasteiger partial charge in [-0.1, -0.05) is 11.6 Å². The summed E-state index contributed by atoms with van der Waals surface area (Å²) >= 11 is 6.00. The molecule has 0 N–H and O–H groups in total. The lowest BCUT2D eigenvalue weighted by molar-refractivity contribution is 0.00463. The molecule has 0 spiro atoms. The van der Waals surface area contributed by atoms with Crippen LogP contribution in [-0.4, -0.2) is 30.9 Å². The third-order valence-corrected chi connectivity index (χ3v) is 7.34. The zero-order valence-corrected chi connectivity index (χ0v) is 20.3. The van der Waals surface area contributed by atoms with Crippen molar-refractivity contribution in [3.05, 3.63) is 74.9 Å². The Bertz CT molecular complexity index is 1510. The molecule has 1 aliphatic heterocycles. The summed E-state index contributed by atoms with van der Waals surface area (Å²) in [6.07, 6.45) is 7.66. The number of halogens is 2. The first-order chi connectivity index (χ1) is 16.9. The smallest absolute Gasteiger partial charge is 0.261 e. The molecular formula is C26H25ClFN5O2. The lowest BCUT2D eigenvalue weighted by atomic mass is 9.89. The van der Waals surface area contributed by atoms with Gasteiger partial charge in [-0.25, -0.2) is 9.37 Å². The van der Waals surface area contributed by atoms with E-state index in [2.05, 4.69) is 16.3 Å². The van der Waals surface area contributed by atoms with Crippen molar-refractivity contribution in [3.8, 4) is 11.3 Å². The predicted octanol–water partition coefficient (Wildman–Crippen LogP) is 5.26. The topological polar surface area (TPSA) is 74.8 Å². The highest BCUT2D eigenvalue weighted by Gasteiger charge is 2.30. The normalized spacial score (nSPS) is 20.5. The minimum atomic E-state index is -0.499. The highest BCUT2D eigenvalue weighted by molar-refractivity contribution is 6.30. The Hall–Kier alpha value is -3.10. The Morgan fingerprint density at radius 1 is 1.17 bits per heavy atom. The molecule has 35 heavy (non-hydrogen) atoms. The fourth-order valence-electron chi connectivity index (χ4n) is 4.83. The van der Waals surface area contributed by atoms with Gasteiger partial charge in [0.2, 0.25) is 0 Å². The molecule has 0 amide bonds. The van der Waals surface area contributed by atoms with Gasteiger partial charge in [0.25, 0.3) is 5.56 Å². The van der Waals surface area contributed by atoms with Crippen molar-refractivity contribution in [2.75, 3.05) is 6.61 Å². The van der Waals surface area contributed by atoms with Crippen molar-refractivity contribution in [1.82, 2.24) is 24.3 Å². The maximum Gasteiger partial charge on any atom is 0.261 e. The number of benzene rings is 1. The van der Waals surface area contributed by atoms with Crippen molar-refractivity contribution in [3.63, 3.8) is 0 Å². The van der Waals surface area contributed by atoms with Crippen LogP contribution in [0.4, 0.5) is 4.39 Å². The number of aromatic nitrogens is 5. The number of ether oxygens (including phenoxy) is 1. The standard InChI is InChI=1S/C26H25ClFN5O2/c1-14-30-25-20(26(34)32(14)2)11-22(31-24(25)19-6-3-17(27)10-21(19)28)15-7-8-35-23(9-15)16-12-29-33(13-16)18-4-5-18/h3,6,10-13,15,18,23H,4-5,7-9H2,1-2H3/t15-,23+/m0/s1. The number of rotatable bonds is 4. The van der Waals surface area contributed by atoms with Gasteiger partial charge in [0.15, 0.2) is 0 Å². The van der Waals surface area contributed by atoms with Crippen LogP contribution in [0.25, 0.3) is 22.2 Å². The summed E-state index contributed by atoms with van der Waals surface area (Å²) in [5.41, 5.74) is 2.64.